The topological polar surface area (TPSA) is 54.5 Å². The third kappa shape index (κ3) is 4.48. The number of rotatable bonds is 5. The van der Waals surface area contributed by atoms with Crippen molar-refractivity contribution in [3.8, 4) is 0 Å². The van der Waals surface area contributed by atoms with Gasteiger partial charge in [0.2, 0.25) is 0 Å². The molecule has 1 amide bonds. The fraction of sp³-hybridized carbons (Fsp3) is 0.385. The van der Waals surface area contributed by atoms with Crippen LogP contribution in [-0.4, -0.2) is 54.2 Å². The minimum Gasteiger partial charge on any atom is -0.379 e. The molecule has 3 heterocycles. The van der Waals surface area contributed by atoms with Crippen molar-refractivity contribution < 1.29 is 9.53 Å². The largest absolute Gasteiger partial charge is 0.379 e. The van der Waals surface area contributed by atoms with Gasteiger partial charge >= 0.3 is 0 Å². The number of ether oxygens (including phenoxy) is 1. The molecule has 3 aromatic rings. The van der Waals surface area contributed by atoms with Crippen molar-refractivity contribution >= 4 is 16.8 Å². The first-order chi connectivity index (χ1) is 15.3. The second-order valence-electron chi connectivity index (χ2n) is 8.69. The molecule has 0 bridgehead atoms. The number of amides is 1. The molecule has 2 aliphatic heterocycles. The average Bonchev–Trinajstić information content (AvgIpc) is 3.26. The first-order valence-corrected chi connectivity index (χ1v) is 11.3. The maximum atomic E-state index is 12.7. The van der Waals surface area contributed by atoms with Gasteiger partial charge in [0.15, 0.2) is 0 Å². The van der Waals surface area contributed by atoms with E-state index in [0.717, 1.165) is 56.6 Å². The van der Waals surface area contributed by atoms with Gasteiger partial charge in [-0.15, -0.1) is 0 Å². The van der Waals surface area contributed by atoms with Crippen molar-refractivity contribution in [2.75, 3.05) is 26.3 Å². The molecule has 2 saturated heterocycles. The van der Waals surface area contributed by atoms with Gasteiger partial charge in [0.1, 0.15) is 0 Å². The van der Waals surface area contributed by atoms with E-state index in [-0.39, 0.29) is 5.91 Å². The maximum absolute atomic E-state index is 12.7. The highest BCUT2D eigenvalue weighted by Crippen LogP contribution is 2.25. The Kier molecular flexibility index (Phi) is 5.96. The fourth-order valence-electron chi connectivity index (χ4n) is 4.91. The minimum atomic E-state index is 0.144. The fourth-order valence-corrected chi connectivity index (χ4v) is 4.91. The molecule has 5 heteroatoms. The lowest BCUT2D eigenvalue weighted by atomic mass is 9.92. The van der Waals surface area contributed by atoms with Crippen molar-refractivity contribution in [3.05, 3.63) is 78.0 Å². The van der Waals surface area contributed by atoms with E-state index >= 15 is 0 Å². The first-order valence-electron chi connectivity index (χ1n) is 11.3. The van der Waals surface area contributed by atoms with Crippen LogP contribution in [-0.2, 0) is 11.2 Å². The third-order valence-corrected chi connectivity index (χ3v) is 6.67. The predicted octanol–water partition coefficient (Wildman–Crippen LogP) is 3.69. The molecule has 1 N–H and O–H groups in total. The minimum absolute atomic E-state index is 0.144. The smallest absolute Gasteiger partial charge is 0.253 e. The van der Waals surface area contributed by atoms with Crippen LogP contribution in [0.5, 0.6) is 0 Å². The Morgan fingerprint density at radius 1 is 1.00 bits per heavy atom. The first kappa shape index (κ1) is 20.2. The Labute approximate surface area is 183 Å². The number of nitrogens with zero attached hydrogens (tertiary/aromatic N) is 2. The predicted molar refractivity (Wildman–Crippen MR) is 122 cm³/mol. The maximum Gasteiger partial charge on any atom is 0.253 e. The summed E-state index contributed by atoms with van der Waals surface area (Å²) in [6.07, 6.45) is 4.88. The summed E-state index contributed by atoms with van der Waals surface area (Å²) >= 11 is 0. The van der Waals surface area contributed by atoms with Gasteiger partial charge in [0.05, 0.1) is 18.7 Å². The van der Waals surface area contributed by atoms with Gasteiger partial charge in [-0.05, 0) is 49.1 Å². The number of carbonyl (C=O) groups is 1. The third-order valence-electron chi connectivity index (χ3n) is 6.67. The van der Waals surface area contributed by atoms with Gasteiger partial charge in [-0.3, -0.25) is 9.78 Å². The van der Waals surface area contributed by atoms with E-state index in [1.165, 1.54) is 10.9 Å². The summed E-state index contributed by atoms with van der Waals surface area (Å²) in [6.45, 7) is 3.16. The van der Waals surface area contributed by atoms with Crippen LogP contribution in [0.3, 0.4) is 0 Å². The monoisotopic (exact) mass is 415 g/mol. The highest BCUT2D eigenvalue weighted by molar-refractivity contribution is 5.94. The van der Waals surface area contributed by atoms with E-state index in [0.29, 0.717) is 18.0 Å². The summed E-state index contributed by atoms with van der Waals surface area (Å²) in [6, 6.07) is 20.9. The highest BCUT2D eigenvalue weighted by atomic mass is 16.5. The summed E-state index contributed by atoms with van der Waals surface area (Å²) in [4.78, 5) is 19.2. The van der Waals surface area contributed by atoms with Crippen LogP contribution in [0.4, 0.5) is 0 Å². The molecule has 1 aromatic heterocycles. The van der Waals surface area contributed by atoms with Crippen molar-refractivity contribution in [2.24, 2.45) is 5.92 Å². The van der Waals surface area contributed by atoms with Crippen LogP contribution >= 0.6 is 0 Å². The molecule has 2 aromatic carbocycles. The Bertz CT molecular complexity index is 1030. The lowest BCUT2D eigenvalue weighted by Gasteiger charge is -2.35. The molecule has 0 spiro atoms. The van der Waals surface area contributed by atoms with Crippen LogP contribution in [0.25, 0.3) is 10.9 Å². The normalized spacial score (nSPS) is 22.1. The average molecular weight is 416 g/mol. The van der Waals surface area contributed by atoms with E-state index in [1.807, 2.05) is 47.5 Å². The molecule has 0 aliphatic carbocycles. The van der Waals surface area contributed by atoms with Gasteiger partial charge < -0.3 is 15.0 Å². The van der Waals surface area contributed by atoms with Gasteiger partial charge in [0, 0.05) is 48.2 Å². The Balaban J connectivity index is 1.18. The van der Waals surface area contributed by atoms with Crippen molar-refractivity contribution in [2.45, 2.75) is 31.3 Å². The van der Waals surface area contributed by atoms with Crippen molar-refractivity contribution in [1.29, 1.82) is 0 Å². The number of nitrogens with one attached hydrogen (secondary N) is 1. The number of benzene rings is 2. The lowest BCUT2D eigenvalue weighted by Crippen LogP contribution is -2.49. The molecule has 31 heavy (non-hydrogen) atoms. The van der Waals surface area contributed by atoms with Crippen molar-refractivity contribution in [1.82, 2.24) is 15.2 Å². The number of para-hydroxylation sites is 1. The number of fused-ring (bicyclic) bond motifs is 1. The Hall–Kier alpha value is -2.76. The van der Waals surface area contributed by atoms with E-state index in [9.17, 15) is 4.79 Å². The second-order valence-corrected chi connectivity index (χ2v) is 8.69. The number of hydrogen-bond donors (Lipinski definition) is 1. The summed E-state index contributed by atoms with van der Waals surface area (Å²) in [7, 11) is 0. The Morgan fingerprint density at radius 3 is 2.61 bits per heavy atom. The summed E-state index contributed by atoms with van der Waals surface area (Å²) in [5.41, 5.74) is 3.18. The van der Waals surface area contributed by atoms with E-state index in [4.69, 9.17) is 4.74 Å². The summed E-state index contributed by atoms with van der Waals surface area (Å²) in [5.74, 6) is 0.598. The number of hydrogen-bond acceptors (Lipinski definition) is 4. The molecule has 2 aliphatic rings. The summed E-state index contributed by atoms with van der Waals surface area (Å²) < 4.78 is 5.87. The molecule has 160 valence electrons. The molecule has 0 saturated carbocycles. The van der Waals surface area contributed by atoms with E-state index in [1.54, 1.807) is 0 Å². The molecule has 2 fully saturated rings. The number of aromatic nitrogens is 1. The molecular weight excluding hydrogens is 386 g/mol. The van der Waals surface area contributed by atoms with Gasteiger partial charge in [-0.25, -0.2) is 0 Å². The number of carbonyl (C=O) groups excluding carboxylic acids is 1. The zero-order valence-corrected chi connectivity index (χ0v) is 17.7. The van der Waals surface area contributed by atoms with Crippen LogP contribution in [0.2, 0.25) is 0 Å². The number of pyridine rings is 1. The van der Waals surface area contributed by atoms with Gasteiger partial charge in [0.25, 0.3) is 5.91 Å². The van der Waals surface area contributed by atoms with Crippen LogP contribution < -0.4 is 5.32 Å². The van der Waals surface area contributed by atoms with Crippen LogP contribution in [0.15, 0.2) is 66.9 Å². The second kappa shape index (κ2) is 9.16. The number of likely N-dealkylation sites (tertiary alicyclic amines) is 1. The molecular formula is C26H29N3O2. The summed E-state index contributed by atoms with van der Waals surface area (Å²) in [5, 5.41) is 5.10. The molecule has 0 radical (unpaired) electrons. The molecule has 5 nitrogen and oxygen atoms in total. The van der Waals surface area contributed by atoms with Crippen LogP contribution in [0, 0.1) is 5.92 Å². The van der Waals surface area contributed by atoms with Crippen molar-refractivity contribution in [3.63, 3.8) is 0 Å². The molecule has 2 atom stereocenters. The SMILES string of the molecule is O=C(c1ccccc1)N1CCC(N[C@@H]2COC[C@H]2Cc2ccnc3ccccc23)CC1. The number of piperidine rings is 1. The van der Waals surface area contributed by atoms with E-state index in [2.05, 4.69) is 34.6 Å². The van der Waals surface area contributed by atoms with Crippen LogP contribution in [0.1, 0.15) is 28.8 Å². The van der Waals surface area contributed by atoms with Gasteiger partial charge in [-0.1, -0.05) is 36.4 Å². The zero-order valence-electron chi connectivity index (χ0n) is 17.7. The quantitative estimate of drug-likeness (QED) is 0.691. The highest BCUT2D eigenvalue weighted by Gasteiger charge is 2.32. The molecule has 0 unspecified atom stereocenters. The lowest BCUT2D eigenvalue weighted by molar-refractivity contribution is 0.0699. The standard InChI is InChI=1S/C26H29N3O2/c30-26(19-6-2-1-3-7-19)29-14-11-22(12-15-29)28-25-18-31-17-21(25)16-20-10-13-27-24-9-5-4-8-23(20)24/h1-10,13,21-22,25,28H,11-12,14-18H2/t21-,25-/m1/s1. The van der Waals surface area contributed by atoms with Gasteiger partial charge in [-0.2, -0.15) is 0 Å². The molecule has 5 rings (SSSR count). The van der Waals surface area contributed by atoms with E-state index < -0.39 is 0 Å². The Morgan fingerprint density at radius 2 is 1.77 bits per heavy atom. The zero-order chi connectivity index (χ0) is 21.0.